The first-order valence-electron chi connectivity index (χ1n) is 9.42. The fourth-order valence-corrected chi connectivity index (χ4v) is 2.89. The van der Waals surface area contributed by atoms with Crippen molar-refractivity contribution >= 4 is 11.6 Å². The minimum absolute atomic E-state index is 0.0816. The lowest BCUT2D eigenvalue weighted by molar-refractivity contribution is -0.128. The molecule has 4 nitrogen and oxygen atoms in total. The van der Waals surface area contributed by atoms with Crippen LogP contribution in [0.3, 0.4) is 0 Å². The fraction of sp³-hybridized carbons (Fsp3) is 0.409. The molecule has 0 heterocycles. The summed E-state index contributed by atoms with van der Waals surface area (Å²) in [6.07, 6.45) is 0.146. The molecule has 0 saturated carbocycles. The van der Waals surface area contributed by atoms with Crippen LogP contribution < -0.4 is 15.0 Å². The standard InChI is InChI=1S/C22H30N2O2/c1-5-21(26-20-10-8-9-17(4)15-20)22(25)23-16-18-11-13-19(14-12-18)24(6-2)7-3/h8-15,21H,5-7,16H2,1-4H3,(H,23,25)/t21-/m0/s1. The quantitative estimate of drug-likeness (QED) is 0.729. The molecule has 0 unspecified atom stereocenters. The van der Waals surface area contributed by atoms with Crippen LogP contribution in [-0.4, -0.2) is 25.1 Å². The van der Waals surface area contributed by atoms with Crippen LogP contribution in [-0.2, 0) is 11.3 Å². The molecule has 2 rings (SSSR count). The minimum Gasteiger partial charge on any atom is -0.481 e. The third kappa shape index (κ3) is 5.51. The number of carbonyl (C=O) groups excluding carboxylic acids is 1. The van der Waals surface area contributed by atoms with E-state index < -0.39 is 6.10 Å². The molecule has 0 saturated heterocycles. The van der Waals surface area contributed by atoms with E-state index in [-0.39, 0.29) is 5.91 Å². The van der Waals surface area contributed by atoms with Crippen LogP contribution in [0, 0.1) is 6.92 Å². The summed E-state index contributed by atoms with van der Waals surface area (Å²) in [5, 5.41) is 2.98. The molecule has 0 fully saturated rings. The predicted octanol–water partition coefficient (Wildman–Crippen LogP) is 4.32. The Morgan fingerprint density at radius 1 is 1.08 bits per heavy atom. The van der Waals surface area contributed by atoms with Gasteiger partial charge in [-0.3, -0.25) is 4.79 Å². The highest BCUT2D eigenvalue weighted by atomic mass is 16.5. The van der Waals surface area contributed by atoms with E-state index in [1.807, 2.05) is 38.1 Å². The van der Waals surface area contributed by atoms with Gasteiger partial charge in [0.1, 0.15) is 5.75 Å². The molecule has 0 aromatic heterocycles. The van der Waals surface area contributed by atoms with E-state index >= 15 is 0 Å². The van der Waals surface area contributed by atoms with Gasteiger partial charge in [-0.25, -0.2) is 0 Å². The number of carbonyl (C=O) groups is 1. The number of nitrogens with zero attached hydrogens (tertiary/aromatic N) is 1. The van der Waals surface area contributed by atoms with Gasteiger partial charge in [-0.15, -0.1) is 0 Å². The number of aryl methyl sites for hydroxylation is 1. The van der Waals surface area contributed by atoms with E-state index in [0.29, 0.717) is 13.0 Å². The van der Waals surface area contributed by atoms with Crippen molar-refractivity contribution in [3.63, 3.8) is 0 Å². The lowest BCUT2D eigenvalue weighted by atomic mass is 10.1. The van der Waals surface area contributed by atoms with Crippen LogP contribution in [0.25, 0.3) is 0 Å². The van der Waals surface area contributed by atoms with Crippen molar-refractivity contribution in [2.45, 2.75) is 46.8 Å². The van der Waals surface area contributed by atoms with Crippen molar-refractivity contribution in [1.29, 1.82) is 0 Å². The Morgan fingerprint density at radius 3 is 2.35 bits per heavy atom. The number of benzene rings is 2. The van der Waals surface area contributed by atoms with E-state index in [1.54, 1.807) is 0 Å². The summed E-state index contributed by atoms with van der Waals surface area (Å²) in [5.41, 5.74) is 3.41. The van der Waals surface area contributed by atoms with Gasteiger partial charge in [0.15, 0.2) is 6.10 Å². The molecule has 0 spiro atoms. The van der Waals surface area contributed by atoms with Crippen molar-refractivity contribution in [2.75, 3.05) is 18.0 Å². The highest BCUT2D eigenvalue weighted by molar-refractivity contribution is 5.81. The number of hydrogen-bond acceptors (Lipinski definition) is 3. The monoisotopic (exact) mass is 354 g/mol. The second-order valence-electron chi connectivity index (χ2n) is 6.39. The maximum atomic E-state index is 12.5. The smallest absolute Gasteiger partial charge is 0.261 e. The molecular weight excluding hydrogens is 324 g/mol. The van der Waals surface area contributed by atoms with Gasteiger partial charge in [-0.1, -0.05) is 31.2 Å². The maximum absolute atomic E-state index is 12.5. The lowest BCUT2D eigenvalue weighted by Gasteiger charge is -2.21. The molecule has 140 valence electrons. The van der Waals surface area contributed by atoms with Crippen molar-refractivity contribution < 1.29 is 9.53 Å². The predicted molar refractivity (Wildman–Crippen MR) is 108 cm³/mol. The molecule has 1 amide bonds. The minimum atomic E-state index is -0.480. The zero-order valence-corrected chi connectivity index (χ0v) is 16.3. The van der Waals surface area contributed by atoms with Crippen molar-refractivity contribution in [3.8, 4) is 5.75 Å². The van der Waals surface area contributed by atoms with Crippen LogP contribution in [0.15, 0.2) is 48.5 Å². The second-order valence-corrected chi connectivity index (χ2v) is 6.39. The van der Waals surface area contributed by atoms with Gasteiger partial charge < -0.3 is 15.0 Å². The SMILES string of the molecule is CC[C@H](Oc1cccc(C)c1)C(=O)NCc1ccc(N(CC)CC)cc1. The summed E-state index contributed by atoms with van der Waals surface area (Å²) in [7, 11) is 0. The van der Waals surface area contributed by atoms with Gasteiger partial charge >= 0.3 is 0 Å². The van der Waals surface area contributed by atoms with E-state index in [2.05, 4.69) is 48.3 Å². The summed E-state index contributed by atoms with van der Waals surface area (Å²) in [6.45, 7) is 10.7. The molecule has 0 aliphatic carbocycles. The molecule has 4 heteroatoms. The average Bonchev–Trinajstić information content (AvgIpc) is 2.66. The molecule has 26 heavy (non-hydrogen) atoms. The van der Waals surface area contributed by atoms with Crippen molar-refractivity contribution in [2.24, 2.45) is 0 Å². The van der Waals surface area contributed by atoms with Crippen molar-refractivity contribution in [1.82, 2.24) is 5.32 Å². The Hall–Kier alpha value is -2.49. The summed E-state index contributed by atoms with van der Waals surface area (Å²) in [4.78, 5) is 14.8. The highest BCUT2D eigenvalue weighted by Crippen LogP contribution is 2.17. The molecule has 0 bridgehead atoms. The maximum Gasteiger partial charge on any atom is 0.261 e. The Bertz CT molecular complexity index is 694. The van der Waals surface area contributed by atoms with Crippen LogP contribution >= 0.6 is 0 Å². The van der Waals surface area contributed by atoms with Gasteiger partial charge in [-0.2, -0.15) is 0 Å². The highest BCUT2D eigenvalue weighted by Gasteiger charge is 2.18. The Labute approximate surface area is 157 Å². The largest absolute Gasteiger partial charge is 0.481 e. The number of amides is 1. The molecular formula is C22H30N2O2. The van der Waals surface area contributed by atoms with E-state index in [1.165, 1.54) is 5.69 Å². The number of rotatable bonds is 9. The van der Waals surface area contributed by atoms with Crippen molar-refractivity contribution in [3.05, 3.63) is 59.7 Å². The van der Waals surface area contributed by atoms with Gasteiger partial charge in [0.05, 0.1) is 0 Å². The first-order chi connectivity index (χ1) is 12.6. The number of anilines is 1. The van der Waals surface area contributed by atoms with E-state index in [9.17, 15) is 4.79 Å². The number of hydrogen-bond donors (Lipinski definition) is 1. The Balaban J connectivity index is 1.91. The van der Waals surface area contributed by atoms with Crippen LogP contribution in [0.4, 0.5) is 5.69 Å². The Kier molecular flexibility index (Phi) is 7.52. The first kappa shape index (κ1) is 19.8. The molecule has 0 aliphatic rings. The summed E-state index contributed by atoms with van der Waals surface area (Å²) in [5.74, 6) is 0.650. The zero-order chi connectivity index (χ0) is 18.9. The molecule has 0 radical (unpaired) electrons. The second kappa shape index (κ2) is 9.85. The van der Waals surface area contributed by atoms with E-state index in [0.717, 1.165) is 30.0 Å². The van der Waals surface area contributed by atoms with Gasteiger partial charge in [-0.05, 0) is 62.6 Å². The molecule has 2 aromatic carbocycles. The Morgan fingerprint density at radius 2 is 1.77 bits per heavy atom. The number of ether oxygens (including phenoxy) is 1. The fourth-order valence-electron chi connectivity index (χ4n) is 2.89. The summed E-state index contributed by atoms with van der Waals surface area (Å²) < 4.78 is 5.86. The van der Waals surface area contributed by atoms with Crippen LogP contribution in [0.2, 0.25) is 0 Å². The van der Waals surface area contributed by atoms with E-state index in [4.69, 9.17) is 4.74 Å². The average molecular weight is 354 g/mol. The van der Waals surface area contributed by atoms with Crippen LogP contribution in [0.5, 0.6) is 5.75 Å². The third-order valence-corrected chi connectivity index (χ3v) is 4.46. The van der Waals surface area contributed by atoms with Crippen LogP contribution in [0.1, 0.15) is 38.3 Å². The molecule has 1 N–H and O–H groups in total. The molecule has 1 atom stereocenters. The normalized spacial score (nSPS) is 11.7. The topological polar surface area (TPSA) is 41.6 Å². The van der Waals surface area contributed by atoms with Gasteiger partial charge in [0.25, 0.3) is 5.91 Å². The summed E-state index contributed by atoms with van der Waals surface area (Å²) in [6, 6.07) is 16.1. The number of nitrogens with one attached hydrogen (secondary N) is 1. The third-order valence-electron chi connectivity index (χ3n) is 4.46. The molecule has 2 aromatic rings. The van der Waals surface area contributed by atoms with Gasteiger partial charge in [0.2, 0.25) is 0 Å². The zero-order valence-electron chi connectivity index (χ0n) is 16.3. The molecule has 0 aliphatic heterocycles. The first-order valence-corrected chi connectivity index (χ1v) is 9.42. The van der Waals surface area contributed by atoms with Gasteiger partial charge in [0, 0.05) is 25.3 Å². The summed E-state index contributed by atoms with van der Waals surface area (Å²) >= 11 is 0. The lowest BCUT2D eigenvalue weighted by Crippen LogP contribution is -2.37.